The van der Waals surface area contributed by atoms with Crippen LogP contribution in [0, 0.1) is 11.3 Å². The van der Waals surface area contributed by atoms with Crippen molar-refractivity contribution in [1.82, 2.24) is 14.8 Å². The molecule has 0 fully saturated rings. The third kappa shape index (κ3) is 5.59. The molecule has 3 rings (SSSR count). The number of aromatic nitrogens is 3. The van der Waals surface area contributed by atoms with Gasteiger partial charge in [0, 0.05) is 6.04 Å². The van der Waals surface area contributed by atoms with E-state index in [9.17, 15) is 10.1 Å². The number of carbonyl (C=O) groups is 1. The largest absolute Gasteiger partial charge is 0.497 e. The predicted molar refractivity (Wildman–Crippen MR) is 123 cm³/mol. The van der Waals surface area contributed by atoms with Crippen molar-refractivity contribution < 1.29 is 14.3 Å². The van der Waals surface area contributed by atoms with Crippen LogP contribution in [0.25, 0.3) is 0 Å². The van der Waals surface area contributed by atoms with Gasteiger partial charge in [-0.3, -0.25) is 4.79 Å². The first-order chi connectivity index (χ1) is 15.4. The molecule has 1 amide bonds. The number of amides is 1. The second kappa shape index (κ2) is 10.7. The van der Waals surface area contributed by atoms with Crippen molar-refractivity contribution in [3.63, 3.8) is 0 Å². The van der Waals surface area contributed by atoms with Crippen LogP contribution >= 0.6 is 11.8 Å². The Balaban J connectivity index is 1.68. The number of para-hydroxylation sites is 1. The Morgan fingerprint density at radius 1 is 1.12 bits per heavy atom. The van der Waals surface area contributed by atoms with Gasteiger partial charge in [0.2, 0.25) is 5.91 Å². The van der Waals surface area contributed by atoms with E-state index in [2.05, 4.69) is 21.6 Å². The van der Waals surface area contributed by atoms with E-state index < -0.39 is 0 Å². The summed E-state index contributed by atoms with van der Waals surface area (Å²) in [5.74, 6) is 2.04. The van der Waals surface area contributed by atoms with Gasteiger partial charge in [-0.2, -0.15) is 5.26 Å². The summed E-state index contributed by atoms with van der Waals surface area (Å²) in [6.45, 7) is 5.97. The molecule has 0 aliphatic rings. The molecule has 1 unspecified atom stereocenters. The monoisotopic (exact) mass is 451 g/mol. The van der Waals surface area contributed by atoms with Crippen molar-refractivity contribution in [1.29, 1.82) is 5.26 Å². The summed E-state index contributed by atoms with van der Waals surface area (Å²) in [5, 5.41) is 21.2. The summed E-state index contributed by atoms with van der Waals surface area (Å²) < 4.78 is 13.2. The van der Waals surface area contributed by atoms with Crippen molar-refractivity contribution in [2.45, 2.75) is 38.1 Å². The lowest BCUT2D eigenvalue weighted by Gasteiger charge is -2.19. The van der Waals surface area contributed by atoms with E-state index in [0.717, 1.165) is 5.75 Å². The fourth-order valence-corrected chi connectivity index (χ4v) is 3.94. The average molecular weight is 452 g/mol. The van der Waals surface area contributed by atoms with E-state index in [1.807, 2.05) is 49.6 Å². The number of hydrogen-bond donors (Lipinski definition) is 1. The summed E-state index contributed by atoms with van der Waals surface area (Å²) in [6, 6.07) is 16.4. The van der Waals surface area contributed by atoms with Gasteiger partial charge >= 0.3 is 0 Å². The summed E-state index contributed by atoms with van der Waals surface area (Å²) in [7, 11) is 1.62. The number of nitriles is 1. The molecule has 2 aromatic carbocycles. The number of carbonyl (C=O) groups excluding carboxylic acids is 1. The number of hydrogen-bond acceptors (Lipinski definition) is 7. The lowest BCUT2D eigenvalue weighted by Crippen LogP contribution is -2.17. The van der Waals surface area contributed by atoms with Crippen molar-refractivity contribution in [2.24, 2.45) is 0 Å². The van der Waals surface area contributed by atoms with Crippen LogP contribution in [0.4, 0.5) is 5.69 Å². The minimum Gasteiger partial charge on any atom is -0.497 e. The zero-order valence-electron chi connectivity index (χ0n) is 18.4. The predicted octanol–water partition coefficient (Wildman–Crippen LogP) is 4.61. The number of ether oxygens (including phenoxy) is 2. The zero-order chi connectivity index (χ0) is 23.1. The molecule has 3 aromatic rings. The maximum absolute atomic E-state index is 12.4. The van der Waals surface area contributed by atoms with Gasteiger partial charge in [-0.15, -0.1) is 10.2 Å². The molecule has 0 bridgehead atoms. The Bertz CT molecular complexity index is 1110. The fraction of sp³-hybridized carbons (Fsp3) is 0.304. The number of thioether (sulfide) groups is 1. The highest BCUT2D eigenvalue weighted by atomic mass is 32.2. The highest BCUT2D eigenvalue weighted by Gasteiger charge is 2.22. The van der Waals surface area contributed by atoms with Crippen LogP contribution in [0.1, 0.15) is 44.3 Å². The van der Waals surface area contributed by atoms with Crippen molar-refractivity contribution in [3.8, 4) is 17.6 Å². The summed E-state index contributed by atoms with van der Waals surface area (Å²) >= 11 is 1.29. The van der Waals surface area contributed by atoms with E-state index >= 15 is 0 Å². The number of anilines is 1. The lowest BCUT2D eigenvalue weighted by atomic mass is 10.2. The minimum absolute atomic E-state index is 0.0757. The second-order valence-corrected chi connectivity index (χ2v) is 8.18. The van der Waals surface area contributed by atoms with Crippen molar-refractivity contribution in [3.05, 3.63) is 59.9 Å². The highest BCUT2D eigenvalue weighted by molar-refractivity contribution is 7.99. The standard InChI is InChI=1S/C23H25N5O3S/c1-15(2)28-22(16(3)31-19-11-9-18(30-4)10-12-19)26-27-23(28)32-14-21(29)25-20-8-6-5-7-17(20)13-24/h5-12,15-16H,14H2,1-4H3,(H,25,29). The Kier molecular flexibility index (Phi) is 7.73. The Labute approximate surface area is 191 Å². The zero-order valence-corrected chi connectivity index (χ0v) is 19.2. The van der Waals surface area contributed by atoms with E-state index in [1.165, 1.54) is 11.8 Å². The van der Waals surface area contributed by atoms with E-state index in [4.69, 9.17) is 9.47 Å². The van der Waals surface area contributed by atoms with Crippen LogP contribution in [0.5, 0.6) is 11.5 Å². The van der Waals surface area contributed by atoms with Crippen molar-refractivity contribution in [2.75, 3.05) is 18.2 Å². The maximum atomic E-state index is 12.4. The summed E-state index contributed by atoms with van der Waals surface area (Å²) in [4.78, 5) is 12.4. The van der Waals surface area contributed by atoms with E-state index in [-0.39, 0.29) is 23.8 Å². The topological polar surface area (TPSA) is 102 Å². The molecule has 8 nitrogen and oxygen atoms in total. The molecular formula is C23H25N5O3S. The fourth-order valence-electron chi connectivity index (χ4n) is 3.07. The minimum atomic E-state index is -0.344. The molecule has 9 heteroatoms. The molecule has 1 heterocycles. The lowest BCUT2D eigenvalue weighted by molar-refractivity contribution is -0.113. The first-order valence-corrected chi connectivity index (χ1v) is 11.1. The van der Waals surface area contributed by atoms with Gasteiger partial charge in [0.05, 0.1) is 24.1 Å². The Morgan fingerprint density at radius 3 is 2.47 bits per heavy atom. The molecule has 1 aromatic heterocycles. The van der Waals surface area contributed by atoms with Gasteiger partial charge in [0.1, 0.15) is 17.6 Å². The molecule has 1 atom stereocenters. The molecular weight excluding hydrogens is 426 g/mol. The van der Waals surface area contributed by atoms with Crippen molar-refractivity contribution >= 4 is 23.4 Å². The van der Waals surface area contributed by atoms with Crippen LogP contribution in [0.15, 0.2) is 53.7 Å². The Hall–Kier alpha value is -3.51. The smallest absolute Gasteiger partial charge is 0.234 e. The van der Waals surface area contributed by atoms with Gasteiger partial charge in [-0.1, -0.05) is 23.9 Å². The summed E-state index contributed by atoms with van der Waals surface area (Å²) in [6.07, 6.45) is -0.344. The van der Waals surface area contributed by atoms with Crippen LogP contribution in [-0.4, -0.2) is 33.5 Å². The molecule has 0 saturated carbocycles. The third-order valence-electron chi connectivity index (χ3n) is 4.60. The van der Waals surface area contributed by atoms with E-state index in [0.29, 0.717) is 28.0 Å². The van der Waals surface area contributed by atoms with Crippen LogP contribution in [0.2, 0.25) is 0 Å². The molecule has 166 valence electrons. The number of nitrogens with zero attached hydrogens (tertiary/aromatic N) is 4. The van der Waals surface area contributed by atoms with Crippen LogP contribution in [0.3, 0.4) is 0 Å². The maximum Gasteiger partial charge on any atom is 0.234 e. The molecule has 0 saturated heterocycles. The second-order valence-electron chi connectivity index (χ2n) is 7.23. The van der Waals surface area contributed by atoms with Crippen LogP contribution in [-0.2, 0) is 4.79 Å². The van der Waals surface area contributed by atoms with Gasteiger partial charge in [-0.05, 0) is 57.2 Å². The summed E-state index contributed by atoms with van der Waals surface area (Å²) in [5.41, 5.74) is 0.913. The van der Waals surface area contributed by atoms with Crippen LogP contribution < -0.4 is 14.8 Å². The van der Waals surface area contributed by atoms with Gasteiger partial charge < -0.3 is 19.4 Å². The number of methoxy groups -OCH3 is 1. The molecule has 0 aliphatic carbocycles. The molecule has 0 aliphatic heterocycles. The first kappa shape index (κ1) is 23.2. The molecule has 1 N–H and O–H groups in total. The average Bonchev–Trinajstić information content (AvgIpc) is 3.23. The Morgan fingerprint density at radius 2 is 1.81 bits per heavy atom. The molecule has 0 radical (unpaired) electrons. The normalized spacial score (nSPS) is 11.6. The van der Waals surface area contributed by atoms with Gasteiger partial charge in [0.15, 0.2) is 17.1 Å². The van der Waals surface area contributed by atoms with Gasteiger partial charge in [0.25, 0.3) is 0 Å². The quantitative estimate of drug-likeness (QED) is 0.474. The number of benzene rings is 2. The SMILES string of the molecule is COc1ccc(OC(C)c2nnc(SCC(=O)Nc3ccccc3C#N)n2C(C)C)cc1. The third-order valence-corrected chi connectivity index (χ3v) is 5.54. The van der Waals surface area contributed by atoms with Gasteiger partial charge in [-0.25, -0.2) is 0 Å². The van der Waals surface area contributed by atoms with E-state index in [1.54, 1.807) is 31.4 Å². The number of rotatable bonds is 9. The molecule has 32 heavy (non-hydrogen) atoms. The highest BCUT2D eigenvalue weighted by Crippen LogP contribution is 2.28. The number of nitrogens with one attached hydrogen (secondary N) is 1. The first-order valence-electron chi connectivity index (χ1n) is 10.1. The molecule has 0 spiro atoms.